The maximum absolute atomic E-state index is 3.66. The molecular formula is C15H28N2. The van der Waals surface area contributed by atoms with Crippen LogP contribution in [0.4, 0.5) is 0 Å². The first-order chi connectivity index (χ1) is 8.36. The topological polar surface area (TPSA) is 15.3 Å². The maximum atomic E-state index is 3.66. The van der Waals surface area contributed by atoms with Gasteiger partial charge in [-0.05, 0) is 71.1 Å². The Morgan fingerprint density at radius 1 is 1.24 bits per heavy atom. The lowest BCUT2D eigenvalue weighted by Crippen LogP contribution is -2.38. The van der Waals surface area contributed by atoms with Crippen molar-refractivity contribution < 1.29 is 0 Å². The van der Waals surface area contributed by atoms with Crippen molar-refractivity contribution in [2.24, 2.45) is 5.92 Å². The van der Waals surface area contributed by atoms with E-state index in [0.717, 1.165) is 12.0 Å². The van der Waals surface area contributed by atoms with Crippen molar-refractivity contribution in [1.82, 2.24) is 10.2 Å². The van der Waals surface area contributed by atoms with E-state index in [4.69, 9.17) is 0 Å². The molecule has 2 atom stereocenters. The molecular weight excluding hydrogens is 208 g/mol. The Hall–Kier alpha value is -0.340. The summed E-state index contributed by atoms with van der Waals surface area (Å²) in [6.45, 7) is 3.73. The zero-order chi connectivity index (χ0) is 11.9. The number of allylic oxidation sites excluding steroid dienone is 2. The SMILES string of the molecule is CN1CCCCC1CCNCC1CC=CCC1. The normalized spacial score (nSPS) is 30.6. The lowest BCUT2D eigenvalue weighted by Gasteiger charge is -2.32. The highest BCUT2D eigenvalue weighted by molar-refractivity contribution is 4.90. The quantitative estimate of drug-likeness (QED) is 0.583. The highest BCUT2D eigenvalue weighted by Crippen LogP contribution is 2.18. The molecule has 1 aliphatic heterocycles. The van der Waals surface area contributed by atoms with E-state index < -0.39 is 0 Å². The lowest BCUT2D eigenvalue weighted by molar-refractivity contribution is 0.175. The minimum absolute atomic E-state index is 0.836. The van der Waals surface area contributed by atoms with E-state index in [9.17, 15) is 0 Å². The Morgan fingerprint density at radius 3 is 2.94 bits per heavy atom. The minimum atomic E-state index is 0.836. The number of piperidine rings is 1. The van der Waals surface area contributed by atoms with Crippen molar-refractivity contribution in [3.63, 3.8) is 0 Å². The van der Waals surface area contributed by atoms with Crippen molar-refractivity contribution >= 4 is 0 Å². The number of likely N-dealkylation sites (tertiary alicyclic amines) is 1. The number of nitrogens with one attached hydrogen (secondary N) is 1. The van der Waals surface area contributed by atoms with Gasteiger partial charge in [-0.3, -0.25) is 0 Å². The number of nitrogens with zero attached hydrogens (tertiary/aromatic N) is 1. The molecule has 1 saturated heterocycles. The van der Waals surface area contributed by atoms with Gasteiger partial charge in [0.2, 0.25) is 0 Å². The number of hydrogen-bond donors (Lipinski definition) is 1. The van der Waals surface area contributed by atoms with Gasteiger partial charge in [0, 0.05) is 6.04 Å². The number of rotatable bonds is 5. The molecule has 0 aromatic heterocycles. The van der Waals surface area contributed by atoms with Crippen LogP contribution in [0.25, 0.3) is 0 Å². The molecule has 2 nitrogen and oxygen atoms in total. The molecule has 17 heavy (non-hydrogen) atoms. The summed E-state index contributed by atoms with van der Waals surface area (Å²) >= 11 is 0. The van der Waals surface area contributed by atoms with E-state index in [2.05, 4.69) is 29.4 Å². The van der Waals surface area contributed by atoms with Gasteiger partial charge < -0.3 is 10.2 Å². The van der Waals surface area contributed by atoms with Crippen LogP contribution in [-0.4, -0.2) is 37.6 Å². The van der Waals surface area contributed by atoms with Crippen LogP contribution in [0.1, 0.15) is 44.9 Å². The molecule has 0 saturated carbocycles. The summed E-state index contributed by atoms with van der Waals surface area (Å²) in [6.07, 6.45) is 14.2. The van der Waals surface area contributed by atoms with Crippen LogP contribution in [-0.2, 0) is 0 Å². The van der Waals surface area contributed by atoms with E-state index in [1.54, 1.807) is 0 Å². The Bertz CT molecular complexity index is 237. The largest absolute Gasteiger partial charge is 0.316 e. The van der Waals surface area contributed by atoms with Gasteiger partial charge in [0.15, 0.2) is 0 Å². The Labute approximate surface area is 106 Å². The van der Waals surface area contributed by atoms with Crippen LogP contribution >= 0.6 is 0 Å². The van der Waals surface area contributed by atoms with E-state index in [-0.39, 0.29) is 0 Å². The van der Waals surface area contributed by atoms with E-state index in [1.807, 2.05) is 0 Å². The smallest absolute Gasteiger partial charge is 0.0104 e. The second-order valence-electron chi connectivity index (χ2n) is 5.77. The van der Waals surface area contributed by atoms with Gasteiger partial charge in [0.05, 0.1) is 0 Å². The monoisotopic (exact) mass is 236 g/mol. The van der Waals surface area contributed by atoms with Gasteiger partial charge in [0.1, 0.15) is 0 Å². The standard InChI is InChI=1S/C15H28N2/c1-17-12-6-5-9-15(17)10-11-16-13-14-7-3-2-4-8-14/h2-3,14-16H,4-13H2,1H3. The highest BCUT2D eigenvalue weighted by Gasteiger charge is 2.18. The Kier molecular flexibility index (Phi) is 5.53. The van der Waals surface area contributed by atoms with Gasteiger partial charge in [-0.2, -0.15) is 0 Å². The molecule has 2 unspecified atom stereocenters. The fourth-order valence-electron chi connectivity index (χ4n) is 3.13. The predicted octanol–water partition coefficient (Wildman–Crippen LogP) is 2.81. The van der Waals surface area contributed by atoms with Crippen molar-refractivity contribution in [2.45, 2.75) is 51.0 Å². The molecule has 0 aromatic carbocycles. The molecule has 98 valence electrons. The predicted molar refractivity (Wildman–Crippen MR) is 74.2 cm³/mol. The average Bonchev–Trinajstić information content (AvgIpc) is 2.38. The summed E-state index contributed by atoms with van der Waals surface area (Å²) in [5.41, 5.74) is 0. The van der Waals surface area contributed by atoms with Crippen LogP contribution in [0, 0.1) is 5.92 Å². The van der Waals surface area contributed by atoms with Crippen molar-refractivity contribution in [2.75, 3.05) is 26.7 Å². The van der Waals surface area contributed by atoms with Gasteiger partial charge in [0.25, 0.3) is 0 Å². The Balaban J connectivity index is 1.54. The van der Waals surface area contributed by atoms with E-state index in [0.29, 0.717) is 0 Å². The molecule has 0 amide bonds. The third-order valence-corrected chi connectivity index (χ3v) is 4.39. The Morgan fingerprint density at radius 2 is 2.18 bits per heavy atom. The van der Waals surface area contributed by atoms with Gasteiger partial charge in [-0.25, -0.2) is 0 Å². The second-order valence-corrected chi connectivity index (χ2v) is 5.77. The summed E-state index contributed by atoms with van der Waals surface area (Å²) in [5, 5.41) is 3.66. The third kappa shape index (κ3) is 4.44. The first kappa shape index (κ1) is 13.1. The summed E-state index contributed by atoms with van der Waals surface area (Å²) < 4.78 is 0. The second kappa shape index (κ2) is 7.17. The van der Waals surface area contributed by atoms with Crippen LogP contribution in [0.5, 0.6) is 0 Å². The van der Waals surface area contributed by atoms with Crippen molar-refractivity contribution in [3.8, 4) is 0 Å². The molecule has 2 heteroatoms. The molecule has 2 aliphatic rings. The zero-order valence-corrected chi connectivity index (χ0v) is 11.3. The van der Waals surface area contributed by atoms with E-state index in [1.165, 1.54) is 64.6 Å². The first-order valence-electron chi connectivity index (χ1n) is 7.42. The van der Waals surface area contributed by atoms with Crippen LogP contribution in [0.2, 0.25) is 0 Å². The van der Waals surface area contributed by atoms with Crippen LogP contribution in [0.3, 0.4) is 0 Å². The molecule has 0 spiro atoms. The highest BCUT2D eigenvalue weighted by atomic mass is 15.1. The molecule has 1 aliphatic carbocycles. The summed E-state index contributed by atoms with van der Waals surface area (Å²) in [5.74, 6) is 0.893. The number of hydrogen-bond acceptors (Lipinski definition) is 2. The van der Waals surface area contributed by atoms with Crippen LogP contribution < -0.4 is 5.32 Å². The molecule has 1 fully saturated rings. The van der Waals surface area contributed by atoms with Gasteiger partial charge in [-0.15, -0.1) is 0 Å². The summed E-state index contributed by atoms with van der Waals surface area (Å²) in [7, 11) is 2.29. The van der Waals surface area contributed by atoms with E-state index >= 15 is 0 Å². The van der Waals surface area contributed by atoms with Crippen molar-refractivity contribution in [3.05, 3.63) is 12.2 Å². The fourth-order valence-corrected chi connectivity index (χ4v) is 3.13. The zero-order valence-electron chi connectivity index (χ0n) is 11.3. The summed E-state index contributed by atoms with van der Waals surface area (Å²) in [6, 6.07) is 0.836. The fraction of sp³-hybridized carbons (Fsp3) is 0.867. The maximum Gasteiger partial charge on any atom is 0.0104 e. The minimum Gasteiger partial charge on any atom is -0.316 e. The van der Waals surface area contributed by atoms with Gasteiger partial charge in [-0.1, -0.05) is 18.6 Å². The third-order valence-electron chi connectivity index (χ3n) is 4.39. The van der Waals surface area contributed by atoms with Gasteiger partial charge >= 0.3 is 0 Å². The molecule has 0 radical (unpaired) electrons. The molecule has 1 N–H and O–H groups in total. The average molecular weight is 236 g/mol. The molecule has 1 heterocycles. The lowest BCUT2D eigenvalue weighted by atomic mass is 9.94. The van der Waals surface area contributed by atoms with Crippen LogP contribution in [0.15, 0.2) is 12.2 Å². The molecule has 0 aromatic rings. The molecule has 0 bridgehead atoms. The summed E-state index contributed by atoms with van der Waals surface area (Å²) in [4.78, 5) is 2.55. The van der Waals surface area contributed by atoms with Crippen molar-refractivity contribution in [1.29, 1.82) is 0 Å². The first-order valence-corrected chi connectivity index (χ1v) is 7.42. The molecule has 2 rings (SSSR count).